The molecule has 0 saturated heterocycles. The first-order valence-electron chi connectivity index (χ1n) is 3.18. The Labute approximate surface area is 65.1 Å². The molecule has 2 N–H and O–H groups in total. The van der Waals surface area contributed by atoms with Crippen molar-refractivity contribution in [1.29, 1.82) is 0 Å². The zero-order valence-corrected chi connectivity index (χ0v) is 6.63. The third-order valence-electron chi connectivity index (χ3n) is 1.38. The van der Waals surface area contributed by atoms with Crippen molar-refractivity contribution >= 4 is 5.97 Å². The summed E-state index contributed by atoms with van der Waals surface area (Å²) in [5, 5.41) is 16.8. The first kappa shape index (κ1) is 10.1. The predicted molar refractivity (Wildman–Crippen MR) is 38.6 cm³/mol. The van der Waals surface area contributed by atoms with Gasteiger partial charge in [-0.15, -0.1) is 0 Å². The smallest absolute Gasteiger partial charge is 0.335 e. The maximum absolute atomic E-state index is 10.8. The maximum Gasteiger partial charge on any atom is 0.335 e. The van der Waals surface area contributed by atoms with Gasteiger partial charge in [0.25, 0.3) is 0 Å². The van der Waals surface area contributed by atoms with E-state index in [-0.39, 0.29) is 6.61 Å². The highest BCUT2D eigenvalue weighted by Gasteiger charge is 2.07. The number of ether oxygens (including phenoxy) is 1. The van der Waals surface area contributed by atoms with Crippen LogP contribution in [0.1, 0.15) is 13.8 Å². The SMILES string of the molecule is CC(CO)=C(C)C(=O)OCO. The summed E-state index contributed by atoms with van der Waals surface area (Å²) in [6.07, 6.45) is 0. The summed E-state index contributed by atoms with van der Waals surface area (Å²) < 4.78 is 4.27. The lowest BCUT2D eigenvalue weighted by Gasteiger charge is -2.03. The molecule has 0 aliphatic carbocycles. The molecule has 11 heavy (non-hydrogen) atoms. The van der Waals surface area contributed by atoms with Gasteiger partial charge in [0.1, 0.15) is 0 Å². The minimum absolute atomic E-state index is 0.174. The highest BCUT2D eigenvalue weighted by molar-refractivity contribution is 5.88. The molecule has 4 nitrogen and oxygen atoms in total. The van der Waals surface area contributed by atoms with E-state index in [1.165, 1.54) is 6.92 Å². The second-order valence-corrected chi connectivity index (χ2v) is 2.12. The molecule has 0 aliphatic rings. The summed E-state index contributed by atoms with van der Waals surface area (Å²) in [5.74, 6) is -0.598. The lowest BCUT2D eigenvalue weighted by Crippen LogP contribution is -2.09. The first-order valence-corrected chi connectivity index (χ1v) is 3.18. The van der Waals surface area contributed by atoms with Crippen molar-refractivity contribution in [2.75, 3.05) is 13.4 Å². The number of aliphatic hydroxyl groups excluding tert-OH is 2. The van der Waals surface area contributed by atoms with Gasteiger partial charge in [-0.2, -0.15) is 0 Å². The Balaban J connectivity index is 4.22. The van der Waals surface area contributed by atoms with Gasteiger partial charge in [-0.25, -0.2) is 4.79 Å². The Kier molecular flexibility index (Phi) is 4.49. The molecule has 0 atom stereocenters. The van der Waals surface area contributed by atoms with Crippen LogP contribution in [0, 0.1) is 0 Å². The Bertz CT molecular complexity index is 171. The Morgan fingerprint density at radius 2 is 1.91 bits per heavy atom. The lowest BCUT2D eigenvalue weighted by atomic mass is 10.2. The second-order valence-electron chi connectivity index (χ2n) is 2.12. The van der Waals surface area contributed by atoms with E-state index in [4.69, 9.17) is 10.2 Å². The van der Waals surface area contributed by atoms with E-state index in [1.54, 1.807) is 6.92 Å². The Morgan fingerprint density at radius 3 is 2.27 bits per heavy atom. The summed E-state index contributed by atoms with van der Waals surface area (Å²) >= 11 is 0. The van der Waals surface area contributed by atoms with Crippen LogP contribution in [0.5, 0.6) is 0 Å². The van der Waals surface area contributed by atoms with Crippen molar-refractivity contribution < 1.29 is 19.7 Å². The molecular formula is C7H12O4. The zero-order chi connectivity index (χ0) is 8.85. The van der Waals surface area contributed by atoms with Crippen molar-refractivity contribution in [3.8, 4) is 0 Å². The number of aliphatic hydroxyl groups is 2. The van der Waals surface area contributed by atoms with Crippen LogP contribution in [0.15, 0.2) is 11.1 Å². The quantitative estimate of drug-likeness (QED) is 0.341. The van der Waals surface area contributed by atoms with Crippen molar-refractivity contribution in [1.82, 2.24) is 0 Å². The second kappa shape index (κ2) is 4.87. The fraction of sp³-hybridized carbons (Fsp3) is 0.571. The van der Waals surface area contributed by atoms with Crippen LogP contribution in [-0.4, -0.2) is 29.6 Å². The van der Waals surface area contributed by atoms with E-state index >= 15 is 0 Å². The van der Waals surface area contributed by atoms with Gasteiger partial charge in [0.05, 0.1) is 6.61 Å². The van der Waals surface area contributed by atoms with Crippen molar-refractivity contribution in [3.63, 3.8) is 0 Å². The van der Waals surface area contributed by atoms with Crippen molar-refractivity contribution in [2.45, 2.75) is 13.8 Å². The van der Waals surface area contributed by atoms with Crippen LogP contribution >= 0.6 is 0 Å². The average molecular weight is 160 g/mol. The van der Waals surface area contributed by atoms with Crippen LogP contribution in [0.2, 0.25) is 0 Å². The molecule has 0 saturated carbocycles. The van der Waals surface area contributed by atoms with E-state index < -0.39 is 12.8 Å². The third kappa shape index (κ3) is 3.15. The molecule has 0 rings (SSSR count). The predicted octanol–water partition coefficient (Wildman–Crippen LogP) is -0.192. The topological polar surface area (TPSA) is 66.8 Å². The van der Waals surface area contributed by atoms with Gasteiger partial charge in [-0.05, 0) is 19.4 Å². The van der Waals surface area contributed by atoms with E-state index in [1.807, 2.05) is 0 Å². The molecule has 0 aliphatic heterocycles. The van der Waals surface area contributed by atoms with Crippen molar-refractivity contribution in [3.05, 3.63) is 11.1 Å². The highest BCUT2D eigenvalue weighted by Crippen LogP contribution is 2.03. The third-order valence-corrected chi connectivity index (χ3v) is 1.38. The minimum atomic E-state index is -0.630. The van der Waals surface area contributed by atoms with Gasteiger partial charge in [0.15, 0.2) is 6.79 Å². The van der Waals surface area contributed by atoms with Gasteiger partial charge >= 0.3 is 5.97 Å². The molecule has 0 radical (unpaired) electrons. The zero-order valence-electron chi connectivity index (χ0n) is 6.63. The molecule has 0 aromatic rings. The van der Waals surface area contributed by atoms with Gasteiger partial charge in [-0.1, -0.05) is 0 Å². The molecule has 64 valence electrons. The molecular weight excluding hydrogens is 148 g/mol. The summed E-state index contributed by atoms with van der Waals surface area (Å²) in [4.78, 5) is 10.8. The highest BCUT2D eigenvalue weighted by atomic mass is 16.6. The van der Waals surface area contributed by atoms with Crippen LogP contribution in [0.4, 0.5) is 0 Å². The van der Waals surface area contributed by atoms with Crippen LogP contribution in [0.3, 0.4) is 0 Å². The van der Waals surface area contributed by atoms with Crippen LogP contribution in [0.25, 0.3) is 0 Å². The molecule has 0 heterocycles. The minimum Gasteiger partial charge on any atom is -0.435 e. The molecule has 0 unspecified atom stereocenters. The van der Waals surface area contributed by atoms with E-state index in [9.17, 15) is 4.79 Å². The van der Waals surface area contributed by atoms with E-state index in [0.717, 1.165) is 0 Å². The largest absolute Gasteiger partial charge is 0.435 e. The first-order chi connectivity index (χ1) is 5.13. The number of esters is 1. The average Bonchev–Trinajstić information content (AvgIpc) is 2.02. The number of carbonyl (C=O) groups excluding carboxylic acids is 1. The molecule has 0 spiro atoms. The van der Waals surface area contributed by atoms with Gasteiger partial charge in [0.2, 0.25) is 0 Å². The molecule has 0 amide bonds. The van der Waals surface area contributed by atoms with Gasteiger partial charge < -0.3 is 14.9 Å². The molecule has 0 aromatic carbocycles. The standard InChI is InChI=1S/C7H12O4/c1-5(3-8)6(2)7(10)11-4-9/h8-9H,3-4H2,1-2H3. The van der Waals surface area contributed by atoms with Gasteiger partial charge in [0, 0.05) is 5.57 Å². The number of hydrogen-bond donors (Lipinski definition) is 2. The number of rotatable bonds is 3. The molecule has 0 bridgehead atoms. The Morgan fingerprint density at radius 1 is 1.36 bits per heavy atom. The summed E-state index contributed by atoms with van der Waals surface area (Å²) in [5.41, 5.74) is 0.880. The van der Waals surface area contributed by atoms with E-state index in [0.29, 0.717) is 11.1 Å². The Hall–Kier alpha value is -0.870. The maximum atomic E-state index is 10.8. The van der Waals surface area contributed by atoms with Crippen LogP contribution in [-0.2, 0) is 9.53 Å². The summed E-state index contributed by atoms with van der Waals surface area (Å²) in [7, 11) is 0. The monoisotopic (exact) mass is 160 g/mol. The number of carbonyl (C=O) groups is 1. The normalized spacial score (nSPS) is 12.4. The lowest BCUT2D eigenvalue weighted by molar-refractivity contribution is -0.146. The summed E-state index contributed by atoms with van der Waals surface area (Å²) in [6, 6.07) is 0. The summed E-state index contributed by atoms with van der Waals surface area (Å²) in [6.45, 7) is 2.35. The number of hydrogen-bond acceptors (Lipinski definition) is 4. The molecule has 0 aromatic heterocycles. The molecule has 4 heteroatoms. The van der Waals surface area contributed by atoms with E-state index in [2.05, 4.69) is 4.74 Å². The fourth-order valence-electron chi connectivity index (χ4n) is 0.460. The fourth-order valence-corrected chi connectivity index (χ4v) is 0.460. The van der Waals surface area contributed by atoms with Crippen molar-refractivity contribution in [2.24, 2.45) is 0 Å². The molecule has 0 fully saturated rings. The van der Waals surface area contributed by atoms with Gasteiger partial charge in [-0.3, -0.25) is 0 Å². The van der Waals surface area contributed by atoms with Crippen LogP contribution < -0.4 is 0 Å².